The van der Waals surface area contributed by atoms with Crippen molar-refractivity contribution in [3.63, 3.8) is 0 Å². The standard InChI is InChI=1S/Cu.H3N.2H2O/h;1H3;2*1H2/q+2;;;. The van der Waals surface area contributed by atoms with Gasteiger partial charge in [-0.05, 0) is 0 Å². The molecule has 1 radical (unpaired) electrons. The third-order valence-corrected chi connectivity index (χ3v) is 0. The fraction of sp³-hybridized carbons (Fsp3) is 0. The van der Waals surface area contributed by atoms with Gasteiger partial charge in [0.05, 0.1) is 0 Å². The van der Waals surface area contributed by atoms with Crippen LogP contribution in [0.2, 0.25) is 0 Å². The van der Waals surface area contributed by atoms with E-state index in [-0.39, 0.29) is 34.2 Å². The van der Waals surface area contributed by atoms with Gasteiger partial charge in [-0.25, -0.2) is 0 Å². The average Bonchev–Trinajstić information content (AvgIpc) is 0. The minimum absolute atomic E-state index is 0. The fourth-order valence-corrected chi connectivity index (χ4v) is 0. The van der Waals surface area contributed by atoms with Crippen molar-refractivity contribution < 1.29 is 28.0 Å². The van der Waals surface area contributed by atoms with E-state index < -0.39 is 0 Å². The van der Waals surface area contributed by atoms with E-state index in [0.717, 1.165) is 0 Å². The van der Waals surface area contributed by atoms with Crippen molar-refractivity contribution in [2.75, 3.05) is 0 Å². The van der Waals surface area contributed by atoms with E-state index in [9.17, 15) is 0 Å². The molecule has 0 unspecified atom stereocenters. The second-order valence-electron chi connectivity index (χ2n) is 0. The Morgan fingerprint density at radius 3 is 0.750 bits per heavy atom. The zero-order valence-corrected chi connectivity index (χ0v) is 2.95. The Morgan fingerprint density at radius 2 is 0.750 bits per heavy atom. The topological polar surface area (TPSA) is 98.0 Å². The molecule has 0 aliphatic heterocycles. The molecule has 0 saturated heterocycles. The molecule has 0 saturated carbocycles. The maximum Gasteiger partial charge on any atom is 2.00 e. The number of rotatable bonds is 0. The van der Waals surface area contributed by atoms with Crippen molar-refractivity contribution >= 4 is 0 Å². The third kappa shape index (κ3) is 29.4. The van der Waals surface area contributed by atoms with Crippen LogP contribution in [0.5, 0.6) is 0 Å². The molecule has 0 aliphatic carbocycles. The van der Waals surface area contributed by atoms with Gasteiger partial charge in [0.25, 0.3) is 0 Å². The Hall–Kier alpha value is 0.399. The van der Waals surface area contributed by atoms with E-state index >= 15 is 0 Å². The van der Waals surface area contributed by atoms with Crippen molar-refractivity contribution in [3.05, 3.63) is 0 Å². The van der Waals surface area contributed by atoms with E-state index in [1.165, 1.54) is 0 Å². The zero-order chi connectivity index (χ0) is 0. The van der Waals surface area contributed by atoms with Crippen LogP contribution >= 0.6 is 0 Å². The van der Waals surface area contributed by atoms with Crippen LogP contribution in [-0.4, -0.2) is 11.0 Å². The minimum atomic E-state index is 0. The van der Waals surface area contributed by atoms with Crippen molar-refractivity contribution in [2.45, 2.75) is 0 Å². The van der Waals surface area contributed by atoms with Crippen molar-refractivity contribution in [1.82, 2.24) is 6.15 Å². The van der Waals surface area contributed by atoms with E-state index in [4.69, 9.17) is 0 Å². The summed E-state index contributed by atoms with van der Waals surface area (Å²) in [5.41, 5.74) is 0. The summed E-state index contributed by atoms with van der Waals surface area (Å²) in [6.45, 7) is 0. The second kappa shape index (κ2) is 123. The van der Waals surface area contributed by atoms with Crippen LogP contribution in [0.4, 0.5) is 0 Å². The van der Waals surface area contributed by atoms with Gasteiger partial charge < -0.3 is 17.1 Å². The normalized spacial score (nSPS) is 0. The molecule has 0 amide bonds. The Bertz CT molecular complexity index is 6.00. The summed E-state index contributed by atoms with van der Waals surface area (Å²) in [4.78, 5) is 0. The minimum Gasteiger partial charge on any atom is -0.412 e. The molecule has 33 valence electrons. The first-order valence-electron chi connectivity index (χ1n) is 0. The largest absolute Gasteiger partial charge is 2.00 e. The molecular formula is H7CuNO2+2. The predicted molar refractivity (Wildman–Crippen MR) is 12.2 cm³/mol. The van der Waals surface area contributed by atoms with Gasteiger partial charge in [-0.2, -0.15) is 0 Å². The molecule has 4 heteroatoms. The maximum absolute atomic E-state index is 0. The van der Waals surface area contributed by atoms with Crippen LogP contribution < -0.4 is 6.15 Å². The third-order valence-electron chi connectivity index (χ3n) is 0. The van der Waals surface area contributed by atoms with Crippen molar-refractivity contribution in [3.8, 4) is 0 Å². The van der Waals surface area contributed by atoms with Crippen LogP contribution in [0, 0.1) is 0 Å². The van der Waals surface area contributed by atoms with Gasteiger partial charge in [0.15, 0.2) is 0 Å². The van der Waals surface area contributed by atoms with Gasteiger partial charge in [0.1, 0.15) is 0 Å². The van der Waals surface area contributed by atoms with E-state index in [2.05, 4.69) is 0 Å². The summed E-state index contributed by atoms with van der Waals surface area (Å²) in [5, 5.41) is 0. The number of hydrogen-bond donors (Lipinski definition) is 1. The molecule has 0 aromatic rings. The van der Waals surface area contributed by atoms with Crippen molar-refractivity contribution in [2.24, 2.45) is 0 Å². The summed E-state index contributed by atoms with van der Waals surface area (Å²) in [7, 11) is 0. The Morgan fingerprint density at radius 1 is 0.750 bits per heavy atom. The van der Waals surface area contributed by atoms with E-state index in [0.29, 0.717) is 0 Å². The Balaban J connectivity index is 0. The first-order valence-corrected chi connectivity index (χ1v) is 0. The van der Waals surface area contributed by atoms with Gasteiger partial charge in [0.2, 0.25) is 0 Å². The monoisotopic (exact) mass is 116 g/mol. The van der Waals surface area contributed by atoms with Gasteiger partial charge >= 0.3 is 17.1 Å². The summed E-state index contributed by atoms with van der Waals surface area (Å²) < 4.78 is 0. The zero-order valence-electron chi connectivity index (χ0n) is 2.01. The first kappa shape index (κ1) is 319. The molecule has 0 aromatic heterocycles. The first-order chi connectivity index (χ1) is 0. The summed E-state index contributed by atoms with van der Waals surface area (Å²) in [6.07, 6.45) is 0. The Labute approximate surface area is 35.1 Å². The maximum atomic E-state index is 0. The van der Waals surface area contributed by atoms with E-state index in [1.54, 1.807) is 0 Å². The van der Waals surface area contributed by atoms with Gasteiger partial charge in [-0.3, -0.25) is 0 Å². The fourth-order valence-electron chi connectivity index (χ4n) is 0. The molecule has 0 atom stereocenters. The molecular weight excluding hydrogens is 110 g/mol. The Kier molecular flexibility index (Phi) is 9770. The van der Waals surface area contributed by atoms with Crippen molar-refractivity contribution in [1.29, 1.82) is 0 Å². The van der Waals surface area contributed by atoms with Gasteiger partial charge in [-0.15, -0.1) is 0 Å². The molecule has 0 rings (SSSR count). The van der Waals surface area contributed by atoms with Crippen LogP contribution in [0.1, 0.15) is 0 Å². The molecule has 0 aromatic carbocycles. The quantitative estimate of drug-likeness (QED) is 0.383. The molecule has 7 N–H and O–H groups in total. The number of hydrogen-bond acceptors (Lipinski definition) is 1. The summed E-state index contributed by atoms with van der Waals surface area (Å²) in [6, 6.07) is 0. The molecule has 0 aliphatic rings. The van der Waals surface area contributed by atoms with Crippen LogP contribution in [0.3, 0.4) is 0 Å². The smallest absolute Gasteiger partial charge is 0.412 e. The summed E-state index contributed by atoms with van der Waals surface area (Å²) >= 11 is 0. The second-order valence-corrected chi connectivity index (χ2v) is 0. The molecule has 4 heavy (non-hydrogen) atoms. The molecule has 0 spiro atoms. The molecule has 0 bridgehead atoms. The average molecular weight is 117 g/mol. The van der Waals surface area contributed by atoms with Crippen LogP contribution in [0.15, 0.2) is 0 Å². The SMILES string of the molecule is N.O.O.[Cu+2]. The predicted octanol–water partition coefficient (Wildman–Crippen LogP) is -1.49. The molecule has 0 fully saturated rings. The van der Waals surface area contributed by atoms with Gasteiger partial charge in [0, 0.05) is 0 Å². The van der Waals surface area contributed by atoms with E-state index in [1.807, 2.05) is 0 Å². The molecule has 3 nitrogen and oxygen atoms in total. The molecule has 0 heterocycles. The van der Waals surface area contributed by atoms with Gasteiger partial charge in [-0.1, -0.05) is 0 Å². The van der Waals surface area contributed by atoms with Crippen LogP contribution in [0.25, 0.3) is 0 Å². The summed E-state index contributed by atoms with van der Waals surface area (Å²) in [5.74, 6) is 0. The van der Waals surface area contributed by atoms with Crippen LogP contribution in [-0.2, 0) is 17.1 Å².